The van der Waals surface area contributed by atoms with Gasteiger partial charge in [-0.05, 0) is 51.4 Å². The molecule has 202 valence electrons. The van der Waals surface area contributed by atoms with Crippen LogP contribution in [0.1, 0.15) is 142 Å². The lowest BCUT2D eigenvalue weighted by Crippen LogP contribution is -2.27. The van der Waals surface area contributed by atoms with Crippen molar-refractivity contribution in [3.8, 4) is 0 Å². The Kier molecular flexibility index (Phi) is 24.1. The van der Waals surface area contributed by atoms with Crippen LogP contribution in [0.5, 0.6) is 0 Å². The third-order valence-electron chi connectivity index (χ3n) is 6.57. The van der Waals surface area contributed by atoms with Crippen molar-refractivity contribution < 1.29 is 19.8 Å². The quantitative estimate of drug-likeness (QED) is 0.123. The van der Waals surface area contributed by atoms with Crippen LogP contribution in [-0.4, -0.2) is 47.3 Å². The van der Waals surface area contributed by atoms with Crippen LogP contribution in [0.15, 0.2) is 0 Å². The summed E-state index contributed by atoms with van der Waals surface area (Å²) >= 11 is 0. The highest BCUT2D eigenvalue weighted by Gasteiger charge is 2.04. The average molecular weight is 485 g/mol. The number of rotatable bonds is 25. The monoisotopic (exact) mass is 484 g/mol. The Hall–Kier alpha value is -1.14. The van der Waals surface area contributed by atoms with Gasteiger partial charge in [0.1, 0.15) is 0 Å². The summed E-state index contributed by atoms with van der Waals surface area (Å²) in [6.07, 6.45) is 19.6. The summed E-state index contributed by atoms with van der Waals surface area (Å²) in [4.78, 5) is 23.8. The number of unbranched alkanes of at least 4 members (excludes halogenated alkanes) is 11. The molecule has 0 saturated heterocycles. The Bertz CT molecular complexity index is 431. The summed E-state index contributed by atoms with van der Waals surface area (Å²) in [5, 5.41) is 25.0. The van der Waals surface area contributed by atoms with E-state index in [0.717, 1.165) is 77.0 Å². The lowest BCUT2D eigenvalue weighted by Gasteiger charge is -2.08. The van der Waals surface area contributed by atoms with E-state index in [1.165, 1.54) is 38.5 Å². The van der Waals surface area contributed by atoms with Gasteiger partial charge in [0.2, 0.25) is 11.8 Å². The molecule has 6 nitrogen and oxygen atoms in total. The number of hydrogen-bond acceptors (Lipinski definition) is 4. The van der Waals surface area contributed by atoms with E-state index in [9.17, 15) is 19.8 Å². The third-order valence-corrected chi connectivity index (χ3v) is 6.57. The lowest BCUT2D eigenvalue weighted by atomic mass is 10.1. The maximum absolute atomic E-state index is 11.9. The molecule has 0 radical (unpaired) electrons. The van der Waals surface area contributed by atoms with E-state index in [-0.39, 0.29) is 24.0 Å². The minimum absolute atomic E-state index is 0.136. The third kappa shape index (κ3) is 24.0. The molecule has 0 aliphatic carbocycles. The van der Waals surface area contributed by atoms with Crippen LogP contribution in [0.2, 0.25) is 0 Å². The maximum atomic E-state index is 11.9. The first-order chi connectivity index (χ1) is 16.5. The van der Waals surface area contributed by atoms with E-state index >= 15 is 0 Å². The van der Waals surface area contributed by atoms with E-state index in [1.807, 2.05) is 13.8 Å². The zero-order chi connectivity index (χ0) is 25.3. The first-order valence-corrected chi connectivity index (χ1v) is 14.4. The minimum atomic E-state index is -0.136. The van der Waals surface area contributed by atoms with Crippen LogP contribution >= 0.6 is 0 Å². The van der Waals surface area contributed by atoms with E-state index in [0.29, 0.717) is 25.9 Å². The summed E-state index contributed by atoms with van der Waals surface area (Å²) in [6.45, 7) is 5.40. The van der Waals surface area contributed by atoms with Gasteiger partial charge in [-0.1, -0.05) is 78.1 Å². The molecular weight excluding hydrogens is 428 g/mol. The van der Waals surface area contributed by atoms with Crippen LogP contribution in [-0.2, 0) is 9.59 Å². The van der Waals surface area contributed by atoms with Gasteiger partial charge in [-0.3, -0.25) is 9.59 Å². The largest absolute Gasteiger partial charge is 0.393 e. The average Bonchev–Trinajstić information content (AvgIpc) is 2.83. The Morgan fingerprint density at radius 2 is 0.853 bits per heavy atom. The standard InChI is InChI=1S/C28H56N2O4/c1-3-25(31)19-13-9-5-7-11-15-21-27(33)29-23-17-18-24-30-28(34)22-16-12-8-6-10-14-20-26(32)4-2/h25-26,31-32H,3-24H2,1-2H3,(H,29,33)(H,30,34). The summed E-state index contributed by atoms with van der Waals surface area (Å²) in [7, 11) is 0. The van der Waals surface area contributed by atoms with Crippen LogP contribution in [0.25, 0.3) is 0 Å². The molecule has 0 aromatic rings. The second-order valence-corrected chi connectivity index (χ2v) is 9.85. The molecule has 2 amide bonds. The first kappa shape index (κ1) is 32.9. The molecule has 0 aliphatic rings. The van der Waals surface area contributed by atoms with E-state index in [4.69, 9.17) is 0 Å². The highest BCUT2D eigenvalue weighted by molar-refractivity contribution is 5.76. The van der Waals surface area contributed by atoms with Gasteiger partial charge in [-0.2, -0.15) is 0 Å². The van der Waals surface area contributed by atoms with Crippen LogP contribution < -0.4 is 10.6 Å². The number of carbonyl (C=O) groups is 2. The summed E-state index contributed by atoms with van der Waals surface area (Å²) in [5.74, 6) is 0.272. The van der Waals surface area contributed by atoms with Gasteiger partial charge in [0, 0.05) is 25.9 Å². The molecule has 0 aromatic heterocycles. The zero-order valence-corrected chi connectivity index (χ0v) is 22.4. The second-order valence-electron chi connectivity index (χ2n) is 9.85. The molecule has 4 N–H and O–H groups in total. The summed E-state index contributed by atoms with van der Waals surface area (Å²) < 4.78 is 0. The minimum Gasteiger partial charge on any atom is -0.393 e. The SMILES string of the molecule is CCC(O)CCCCCCCCC(=O)NCCCCNC(=O)CCCCCCCCC(O)CC. The fourth-order valence-corrected chi connectivity index (χ4v) is 4.04. The fourth-order valence-electron chi connectivity index (χ4n) is 4.04. The van der Waals surface area contributed by atoms with E-state index in [2.05, 4.69) is 10.6 Å². The van der Waals surface area contributed by atoms with Crippen molar-refractivity contribution in [3.05, 3.63) is 0 Å². The van der Waals surface area contributed by atoms with Crippen molar-refractivity contribution in [1.29, 1.82) is 0 Å². The molecular formula is C28H56N2O4. The van der Waals surface area contributed by atoms with Gasteiger partial charge < -0.3 is 20.8 Å². The zero-order valence-electron chi connectivity index (χ0n) is 22.4. The fraction of sp³-hybridized carbons (Fsp3) is 0.929. The predicted molar refractivity (Wildman–Crippen MR) is 142 cm³/mol. The summed E-state index contributed by atoms with van der Waals surface area (Å²) in [6, 6.07) is 0. The maximum Gasteiger partial charge on any atom is 0.219 e. The van der Waals surface area contributed by atoms with Gasteiger partial charge in [0.05, 0.1) is 12.2 Å². The Morgan fingerprint density at radius 3 is 1.21 bits per heavy atom. The van der Waals surface area contributed by atoms with Crippen molar-refractivity contribution in [1.82, 2.24) is 10.6 Å². The topological polar surface area (TPSA) is 98.7 Å². The van der Waals surface area contributed by atoms with Gasteiger partial charge in [-0.15, -0.1) is 0 Å². The first-order valence-electron chi connectivity index (χ1n) is 14.4. The van der Waals surface area contributed by atoms with Crippen LogP contribution in [0.3, 0.4) is 0 Å². The molecule has 34 heavy (non-hydrogen) atoms. The van der Waals surface area contributed by atoms with Crippen LogP contribution in [0, 0.1) is 0 Å². The van der Waals surface area contributed by atoms with Gasteiger partial charge in [0.25, 0.3) is 0 Å². The van der Waals surface area contributed by atoms with Crippen molar-refractivity contribution in [2.75, 3.05) is 13.1 Å². The molecule has 0 bridgehead atoms. The number of aliphatic hydroxyl groups is 2. The van der Waals surface area contributed by atoms with Crippen LogP contribution in [0.4, 0.5) is 0 Å². The van der Waals surface area contributed by atoms with Gasteiger partial charge >= 0.3 is 0 Å². The van der Waals surface area contributed by atoms with Crippen molar-refractivity contribution >= 4 is 11.8 Å². The normalized spacial score (nSPS) is 12.9. The van der Waals surface area contributed by atoms with Gasteiger partial charge in [0.15, 0.2) is 0 Å². The number of aliphatic hydroxyl groups excluding tert-OH is 2. The number of amides is 2. The predicted octanol–water partition coefficient (Wildman–Crippen LogP) is 5.78. The van der Waals surface area contributed by atoms with Crippen molar-refractivity contribution in [3.63, 3.8) is 0 Å². The highest BCUT2D eigenvalue weighted by Crippen LogP contribution is 2.12. The molecule has 6 heteroatoms. The Labute approximate surface area is 210 Å². The molecule has 0 fully saturated rings. The molecule has 0 aliphatic heterocycles. The molecule has 0 heterocycles. The molecule has 0 spiro atoms. The molecule has 0 saturated carbocycles. The highest BCUT2D eigenvalue weighted by atomic mass is 16.3. The van der Waals surface area contributed by atoms with Crippen molar-refractivity contribution in [2.24, 2.45) is 0 Å². The van der Waals surface area contributed by atoms with Crippen molar-refractivity contribution in [2.45, 2.75) is 154 Å². The van der Waals surface area contributed by atoms with Gasteiger partial charge in [-0.25, -0.2) is 0 Å². The number of hydrogen-bond donors (Lipinski definition) is 4. The smallest absolute Gasteiger partial charge is 0.219 e. The van der Waals surface area contributed by atoms with E-state index in [1.54, 1.807) is 0 Å². The molecule has 0 rings (SSSR count). The Morgan fingerprint density at radius 1 is 0.529 bits per heavy atom. The molecule has 2 atom stereocenters. The molecule has 0 aromatic carbocycles. The number of nitrogens with one attached hydrogen (secondary N) is 2. The second kappa shape index (κ2) is 25.0. The van der Waals surface area contributed by atoms with E-state index < -0.39 is 0 Å². The summed E-state index contributed by atoms with van der Waals surface area (Å²) in [5.41, 5.74) is 0. The number of carbonyl (C=O) groups excluding carboxylic acids is 2. The molecule has 2 unspecified atom stereocenters. The Balaban J connectivity index is 3.32. The lowest BCUT2D eigenvalue weighted by molar-refractivity contribution is -0.122.